The zero-order chi connectivity index (χ0) is 19.2. The lowest BCUT2D eigenvalue weighted by molar-refractivity contribution is 0.132. The summed E-state index contributed by atoms with van der Waals surface area (Å²) >= 11 is 0. The molecule has 3 nitrogen and oxygen atoms in total. The molecule has 27 heavy (non-hydrogen) atoms. The van der Waals surface area contributed by atoms with E-state index in [1.54, 1.807) is 0 Å². The standard InChI is InChI=1S/C24H40N2O/c1-19-16-20(2)18-26(17-19)14-5-15-27-24-12-8-22(9-13-24)21-6-10-23(11-7-21)25(3)4/h8-9,12-13,19-21,23H,5-7,10-11,14-18H2,1-4H3/t19-,20-,21-,23-/m1/s1. The van der Waals surface area contributed by atoms with Gasteiger partial charge in [-0.15, -0.1) is 0 Å². The zero-order valence-corrected chi connectivity index (χ0v) is 18.0. The number of ether oxygens (including phenoxy) is 1. The summed E-state index contributed by atoms with van der Waals surface area (Å²) in [5.74, 6) is 3.45. The van der Waals surface area contributed by atoms with Crippen molar-refractivity contribution in [2.75, 3.05) is 40.3 Å². The first-order valence-electron chi connectivity index (χ1n) is 11.1. The highest BCUT2D eigenvalue weighted by Gasteiger charge is 2.23. The van der Waals surface area contributed by atoms with Crippen molar-refractivity contribution in [1.29, 1.82) is 0 Å². The molecule has 1 aliphatic heterocycles. The number of nitrogens with zero attached hydrogens (tertiary/aromatic N) is 2. The van der Waals surface area contributed by atoms with E-state index >= 15 is 0 Å². The van der Waals surface area contributed by atoms with Gasteiger partial charge >= 0.3 is 0 Å². The number of hydrogen-bond donors (Lipinski definition) is 0. The van der Waals surface area contributed by atoms with E-state index in [0.29, 0.717) is 0 Å². The highest BCUT2D eigenvalue weighted by Crippen LogP contribution is 2.34. The summed E-state index contributed by atoms with van der Waals surface area (Å²) in [6, 6.07) is 9.72. The number of piperidine rings is 1. The maximum atomic E-state index is 6.01. The van der Waals surface area contributed by atoms with Gasteiger partial charge in [0, 0.05) is 25.7 Å². The van der Waals surface area contributed by atoms with Crippen LogP contribution in [0.1, 0.15) is 63.9 Å². The molecule has 0 N–H and O–H groups in total. The molecule has 0 amide bonds. The molecule has 2 atom stereocenters. The fraction of sp³-hybridized carbons (Fsp3) is 0.750. The summed E-state index contributed by atoms with van der Waals surface area (Å²) in [5, 5.41) is 0. The first-order valence-corrected chi connectivity index (χ1v) is 11.1. The van der Waals surface area contributed by atoms with E-state index in [0.717, 1.165) is 42.6 Å². The molecule has 0 unspecified atom stereocenters. The van der Waals surface area contributed by atoms with Crippen LogP contribution in [-0.4, -0.2) is 56.2 Å². The van der Waals surface area contributed by atoms with Crippen molar-refractivity contribution in [2.24, 2.45) is 11.8 Å². The first-order chi connectivity index (χ1) is 13.0. The summed E-state index contributed by atoms with van der Waals surface area (Å²) in [6.07, 6.45) is 7.78. The number of likely N-dealkylation sites (tertiary alicyclic amines) is 1. The third-order valence-electron chi connectivity index (χ3n) is 6.61. The molecule has 2 fully saturated rings. The Morgan fingerprint density at radius 2 is 1.59 bits per heavy atom. The van der Waals surface area contributed by atoms with E-state index in [1.165, 1.54) is 57.3 Å². The van der Waals surface area contributed by atoms with Crippen LogP contribution < -0.4 is 4.74 Å². The van der Waals surface area contributed by atoms with Gasteiger partial charge in [0.2, 0.25) is 0 Å². The van der Waals surface area contributed by atoms with Crippen LogP contribution in [-0.2, 0) is 0 Å². The van der Waals surface area contributed by atoms with Crippen molar-refractivity contribution in [3.63, 3.8) is 0 Å². The van der Waals surface area contributed by atoms with Crippen LogP contribution >= 0.6 is 0 Å². The molecular weight excluding hydrogens is 332 g/mol. The molecule has 3 heteroatoms. The summed E-state index contributed by atoms with van der Waals surface area (Å²) in [4.78, 5) is 5.01. The molecule has 0 radical (unpaired) electrons. The molecule has 2 aliphatic rings. The number of hydrogen-bond acceptors (Lipinski definition) is 3. The molecule has 1 saturated carbocycles. The van der Waals surface area contributed by atoms with Crippen LogP contribution in [0.2, 0.25) is 0 Å². The molecular formula is C24H40N2O. The van der Waals surface area contributed by atoms with E-state index in [2.05, 4.69) is 62.0 Å². The van der Waals surface area contributed by atoms with E-state index in [9.17, 15) is 0 Å². The van der Waals surface area contributed by atoms with E-state index < -0.39 is 0 Å². The van der Waals surface area contributed by atoms with E-state index in [1.807, 2.05) is 0 Å². The second kappa shape index (κ2) is 9.93. The highest BCUT2D eigenvalue weighted by molar-refractivity contribution is 5.29. The van der Waals surface area contributed by atoms with Crippen molar-refractivity contribution < 1.29 is 4.74 Å². The van der Waals surface area contributed by atoms with Gasteiger partial charge in [0.05, 0.1) is 6.61 Å². The Labute approximate surface area is 167 Å². The minimum absolute atomic E-state index is 0.735. The number of rotatable bonds is 7. The van der Waals surface area contributed by atoms with Gasteiger partial charge in [-0.3, -0.25) is 0 Å². The molecule has 1 aliphatic carbocycles. The Morgan fingerprint density at radius 1 is 0.963 bits per heavy atom. The molecule has 0 bridgehead atoms. The van der Waals surface area contributed by atoms with Gasteiger partial charge in [-0.25, -0.2) is 0 Å². The van der Waals surface area contributed by atoms with E-state index in [4.69, 9.17) is 4.74 Å². The summed E-state index contributed by atoms with van der Waals surface area (Å²) in [5.41, 5.74) is 1.50. The second-order valence-corrected chi connectivity index (χ2v) is 9.45. The van der Waals surface area contributed by atoms with Crippen LogP contribution in [0, 0.1) is 11.8 Å². The molecule has 152 valence electrons. The van der Waals surface area contributed by atoms with Crippen molar-refractivity contribution in [3.8, 4) is 5.75 Å². The third-order valence-corrected chi connectivity index (χ3v) is 6.61. The normalized spacial score (nSPS) is 29.8. The Kier molecular flexibility index (Phi) is 7.60. The average Bonchev–Trinajstić information content (AvgIpc) is 2.65. The molecule has 1 saturated heterocycles. The van der Waals surface area contributed by atoms with Gasteiger partial charge in [0.1, 0.15) is 5.75 Å². The lowest BCUT2D eigenvalue weighted by Crippen LogP contribution is -2.39. The molecule has 0 aromatic heterocycles. The minimum Gasteiger partial charge on any atom is -0.494 e. The summed E-state index contributed by atoms with van der Waals surface area (Å²) < 4.78 is 6.01. The Balaban J connectivity index is 1.37. The van der Waals surface area contributed by atoms with E-state index in [-0.39, 0.29) is 0 Å². The van der Waals surface area contributed by atoms with Gasteiger partial charge in [-0.05, 0) is 88.1 Å². The van der Waals surface area contributed by atoms with Crippen LogP contribution in [0.5, 0.6) is 5.75 Å². The third kappa shape index (κ3) is 6.22. The van der Waals surface area contributed by atoms with Crippen molar-refractivity contribution >= 4 is 0 Å². The Morgan fingerprint density at radius 3 is 2.19 bits per heavy atom. The van der Waals surface area contributed by atoms with Crippen LogP contribution in [0.15, 0.2) is 24.3 Å². The monoisotopic (exact) mass is 372 g/mol. The fourth-order valence-corrected chi connectivity index (χ4v) is 5.21. The lowest BCUT2D eigenvalue weighted by Gasteiger charge is -2.34. The average molecular weight is 373 g/mol. The zero-order valence-electron chi connectivity index (χ0n) is 18.0. The highest BCUT2D eigenvalue weighted by atomic mass is 16.5. The van der Waals surface area contributed by atoms with Gasteiger partial charge in [0.25, 0.3) is 0 Å². The second-order valence-electron chi connectivity index (χ2n) is 9.45. The number of benzene rings is 1. The van der Waals surface area contributed by atoms with Crippen LogP contribution in [0.3, 0.4) is 0 Å². The van der Waals surface area contributed by atoms with Crippen LogP contribution in [0.25, 0.3) is 0 Å². The predicted octanol–water partition coefficient (Wildman–Crippen LogP) is 5.02. The molecule has 1 heterocycles. The quantitative estimate of drug-likeness (QED) is 0.625. The first kappa shape index (κ1) is 20.7. The molecule has 0 spiro atoms. The Bertz CT molecular complexity index is 538. The topological polar surface area (TPSA) is 15.7 Å². The summed E-state index contributed by atoms with van der Waals surface area (Å²) in [6.45, 7) is 9.28. The lowest BCUT2D eigenvalue weighted by atomic mass is 9.81. The minimum atomic E-state index is 0.735. The molecule has 1 aromatic carbocycles. The van der Waals surface area contributed by atoms with Gasteiger partial charge in [-0.1, -0.05) is 26.0 Å². The van der Waals surface area contributed by atoms with Gasteiger partial charge in [-0.2, -0.15) is 0 Å². The SMILES string of the molecule is C[C@@H]1C[C@@H](C)CN(CCCOc2ccc([C@H]3CC[C@H](N(C)C)CC3)cc2)C1. The molecule has 1 aromatic rings. The van der Waals surface area contributed by atoms with Crippen LogP contribution in [0.4, 0.5) is 0 Å². The van der Waals surface area contributed by atoms with Crippen molar-refractivity contribution in [1.82, 2.24) is 9.80 Å². The smallest absolute Gasteiger partial charge is 0.119 e. The van der Waals surface area contributed by atoms with Crippen molar-refractivity contribution in [3.05, 3.63) is 29.8 Å². The fourth-order valence-electron chi connectivity index (χ4n) is 5.21. The maximum absolute atomic E-state index is 6.01. The molecule has 3 rings (SSSR count). The predicted molar refractivity (Wildman–Crippen MR) is 115 cm³/mol. The Hall–Kier alpha value is -1.06. The maximum Gasteiger partial charge on any atom is 0.119 e. The van der Waals surface area contributed by atoms with Gasteiger partial charge in [0.15, 0.2) is 0 Å². The van der Waals surface area contributed by atoms with Crippen molar-refractivity contribution in [2.45, 2.75) is 64.3 Å². The largest absolute Gasteiger partial charge is 0.494 e. The summed E-state index contributed by atoms with van der Waals surface area (Å²) in [7, 11) is 4.42. The van der Waals surface area contributed by atoms with Gasteiger partial charge < -0.3 is 14.5 Å².